The fourth-order valence-electron chi connectivity index (χ4n) is 5.14. The molecule has 2 bridgehead atoms. The summed E-state index contributed by atoms with van der Waals surface area (Å²) < 4.78 is 22.2. The summed E-state index contributed by atoms with van der Waals surface area (Å²) >= 11 is 0. The Balaban J connectivity index is 1.93. The molecule has 0 radical (unpaired) electrons. The molecule has 4 rings (SSSR count). The maximum absolute atomic E-state index is 13.7. The number of methoxy groups -OCH3 is 2. The van der Waals surface area contributed by atoms with Crippen molar-refractivity contribution in [3.8, 4) is 11.5 Å². The average molecular weight is 372 g/mol. The van der Waals surface area contributed by atoms with Crippen molar-refractivity contribution in [1.82, 2.24) is 0 Å². The topological polar surface area (TPSA) is 74.2 Å². The van der Waals surface area contributed by atoms with Gasteiger partial charge in [-0.15, -0.1) is 6.58 Å². The van der Waals surface area contributed by atoms with Crippen LogP contribution in [0.3, 0.4) is 0 Å². The molecule has 2 aliphatic carbocycles. The largest absolute Gasteiger partial charge is 0.499 e. The number of allylic oxidation sites excluding steroid dienone is 2. The zero-order valence-electron chi connectivity index (χ0n) is 15.7. The number of aliphatic hydroxyl groups is 1. The molecule has 1 fully saturated rings. The van der Waals surface area contributed by atoms with E-state index in [4.69, 9.17) is 18.9 Å². The van der Waals surface area contributed by atoms with Gasteiger partial charge in [0.2, 0.25) is 6.79 Å². The van der Waals surface area contributed by atoms with Crippen molar-refractivity contribution in [3.05, 3.63) is 48.3 Å². The Morgan fingerprint density at radius 1 is 1.33 bits per heavy atom. The molecule has 1 aromatic carbocycles. The minimum absolute atomic E-state index is 0.138. The van der Waals surface area contributed by atoms with E-state index in [2.05, 4.69) is 6.58 Å². The van der Waals surface area contributed by atoms with E-state index in [1.165, 1.54) is 14.2 Å². The van der Waals surface area contributed by atoms with Crippen molar-refractivity contribution in [3.63, 3.8) is 0 Å². The summed E-state index contributed by atoms with van der Waals surface area (Å²) in [5.74, 6) is 0.984. The Morgan fingerprint density at radius 3 is 2.74 bits per heavy atom. The van der Waals surface area contributed by atoms with Gasteiger partial charge in [-0.2, -0.15) is 0 Å². The van der Waals surface area contributed by atoms with Gasteiger partial charge < -0.3 is 24.1 Å². The van der Waals surface area contributed by atoms with Gasteiger partial charge in [-0.05, 0) is 36.1 Å². The summed E-state index contributed by atoms with van der Waals surface area (Å²) in [6.45, 7) is 6.02. The van der Waals surface area contributed by atoms with Crippen LogP contribution in [0.25, 0.3) is 0 Å². The van der Waals surface area contributed by atoms with E-state index in [0.29, 0.717) is 23.7 Å². The first-order valence-electron chi connectivity index (χ1n) is 9.01. The molecule has 1 saturated carbocycles. The molecule has 6 nitrogen and oxygen atoms in total. The third-order valence-electron chi connectivity index (χ3n) is 6.44. The highest BCUT2D eigenvalue weighted by molar-refractivity contribution is 6.01. The SMILES string of the molecule is C=CC[C@]12C=C(OC)[C@@H](O)[C@](OC)(C1=O)[C@H](c1ccc3c(c1)OCO3)[C@H]2C. The Morgan fingerprint density at radius 2 is 2.07 bits per heavy atom. The molecule has 6 heteroatoms. The van der Waals surface area contributed by atoms with Crippen molar-refractivity contribution in [2.45, 2.75) is 31.0 Å². The van der Waals surface area contributed by atoms with Gasteiger partial charge in [0.15, 0.2) is 22.9 Å². The summed E-state index contributed by atoms with van der Waals surface area (Å²) in [7, 11) is 2.96. The number of hydrogen-bond acceptors (Lipinski definition) is 6. The lowest BCUT2D eigenvalue weighted by molar-refractivity contribution is -0.161. The lowest BCUT2D eigenvalue weighted by atomic mass is 9.70. The standard InChI is InChI=1S/C21H24O6/c1-5-8-20-10-16(24-3)18(22)21(25-4,19(20)23)17(12(20)2)13-6-7-14-15(9-13)27-11-26-14/h5-7,9-10,12,17-18,22H,1,8,11H2,2-4H3/t12-,17+,18-,20-,21+/m1/s1. The average Bonchev–Trinajstić information content (AvgIpc) is 3.18. The molecule has 0 unspecified atom stereocenters. The van der Waals surface area contributed by atoms with Crippen LogP contribution in [0.2, 0.25) is 0 Å². The van der Waals surface area contributed by atoms with Crippen molar-refractivity contribution in [2.75, 3.05) is 21.0 Å². The second-order valence-electron chi connectivity index (χ2n) is 7.39. The number of benzene rings is 1. The molecular formula is C21H24O6. The number of carbonyl (C=O) groups is 1. The van der Waals surface area contributed by atoms with Gasteiger partial charge in [0, 0.05) is 13.0 Å². The van der Waals surface area contributed by atoms with Gasteiger partial charge in [-0.25, -0.2) is 0 Å². The number of ether oxygens (including phenoxy) is 4. The molecule has 1 aromatic rings. The van der Waals surface area contributed by atoms with E-state index in [9.17, 15) is 9.90 Å². The van der Waals surface area contributed by atoms with Crippen molar-refractivity contribution >= 4 is 5.78 Å². The zero-order valence-corrected chi connectivity index (χ0v) is 15.7. The Bertz CT molecular complexity index is 830. The highest BCUT2D eigenvalue weighted by atomic mass is 16.7. The number of Topliss-reactive ketones (excluding diaryl/α,β-unsaturated/α-hetero) is 1. The van der Waals surface area contributed by atoms with Crippen molar-refractivity contribution in [1.29, 1.82) is 0 Å². The van der Waals surface area contributed by atoms with E-state index in [1.54, 1.807) is 12.2 Å². The minimum Gasteiger partial charge on any atom is -0.499 e. The van der Waals surface area contributed by atoms with Crippen LogP contribution in [0.15, 0.2) is 42.7 Å². The normalized spacial score (nSPS) is 36.5. The van der Waals surface area contributed by atoms with Crippen LogP contribution in [0, 0.1) is 11.3 Å². The van der Waals surface area contributed by atoms with Crippen LogP contribution < -0.4 is 9.47 Å². The van der Waals surface area contributed by atoms with Crippen LogP contribution in [0.5, 0.6) is 11.5 Å². The van der Waals surface area contributed by atoms with Crippen molar-refractivity contribution < 1.29 is 28.8 Å². The number of fused-ring (bicyclic) bond motifs is 3. The molecule has 1 N–H and O–H groups in total. The van der Waals surface area contributed by atoms with Gasteiger partial charge in [0.25, 0.3) is 0 Å². The van der Waals surface area contributed by atoms with E-state index < -0.39 is 17.1 Å². The van der Waals surface area contributed by atoms with Crippen LogP contribution in [-0.4, -0.2) is 43.6 Å². The quantitative estimate of drug-likeness (QED) is 0.801. The third kappa shape index (κ3) is 2.11. The molecule has 3 aliphatic rings. The smallest absolute Gasteiger partial charge is 0.231 e. The fourth-order valence-corrected chi connectivity index (χ4v) is 5.14. The first-order valence-corrected chi connectivity index (χ1v) is 9.01. The molecule has 0 spiro atoms. The molecule has 27 heavy (non-hydrogen) atoms. The zero-order chi connectivity index (χ0) is 19.4. The predicted molar refractivity (Wildman–Crippen MR) is 97.6 cm³/mol. The van der Waals surface area contributed by atoms with E-state index in [0.717, 1.165) is 5.56 Å². The van der Waals surface area contributed by atoms with E-state index in [-0.39, 0.29) is 24.4 Å². The Labute approximate surface area is 158 Å². The number of carbonyl (C=O) groups excluding carboxylic acids is 1. The summed E-state index contributed by atoms with van der Waals surface area (Å²) in [5, 5.41) is 11.1. The number of rotatable bonds is 5. The molecule has 0 aromatic heterocycles. The fraction of sp³-hybridized carbons (Fsp3) is 0.476. The highest BCUT2D eigenvalue weighted by Crippen LogP contribution is 2.63. The monoisotopic (exact) mass is 372 g/mol. The maximum Gasteiger partial charge on any atom is 0.231 e. The van der Waals surface area contributed by atoms with Gasteiger partial charge in [0.1, 0.15) is 11.9 Å². The molecule has 1 heterocycles. The van der Waals surface area contributed by atoms with E-state index in [1.807, 2.05) is 25.1 Å². The van der Waals surface area contributed by atoms with Crippen LogP contribution in [-0.2, 0) is 14.3 Å². The predicted octanol–water partition coefficient (Wildman–Crippen LogP) is 2.57. The second-order valence-corrected chi connectivity index (χ2v) is 7.39. The summed E-state index contributed by atoms with van der Waals surface area (Å²) in [4.78, 5) is 13.7. The van der Waals surface area contributed by atoms with Gasteiger partial charge >= 0.3 is 0 Å². The summed E-state index contributed by atoms with van der Waals surface area (Å²) in [6.07, 6.45) is 2.74. The summed E-state index contributed by atoms with van der Waals surface area (Å²) in [6, 6.07) is 5.61. The van der Waals surface area contributed by atoms with Gasteiger partial charge in [-0.3, -0.25) is 4.79 Å². The number of ketones is 1. The molecule has 1 aliphatic heterocycles. The minimum atomic E-state index is -1.43. The Kier molecular flexibility index (Phi) is 4.09. The van der Waals surface area contributed by atoms with Crippen LogP contribution >= 0.6 is 0 Å². The molecule has 0 amide bonds. The van der Waals surface area contributed by atoms with Gasteiger partial charge in [-0.1, -0.05) is 19.1 Å². The maximum atomic E-state index is 13.7. The number of aliphatic hydroxyl groups excluding tert-OH is 1. The lowest BCUT2D eigenvalue weighted by Gasteiger charge is -2.40. The highest BCUT2D eigenvalue weighted by Gasteiger charge is 2.72. The van der Waals surface area contributed by atoms with Crippen LogP contribution in [0.4, 0.5) is 0 Å². The first-order chi connectivity index (χ1) is 13.0. The molecule has 5 atom stereocenters. The second kappa shape index (κ2) is 6.11. The van der Waals surface area contributed by atoms with Gasteiger partial charge in [0.05, 0.1) is 12.5 Å². The lowest BCUT2D eigenvalue weighted by Crippen LogP contribution is -2.57. The van der Waals surface area contributed by atoms with Crippen molar-refractivity contribution in [2.24, 2.45) is 11.3 Å². The molecule has 0 saturated heterocycles. The van der Waals surface area contributed by atoms with Crippen LogP contribution in [0.1, 0.15) is 24.8 Å². The third-order valence-corrected chi connectivity index (χ3v) is 6.44. The van der Waals surface area contributed by atoms with E-state index >= 15 is 0 Å². The Hall–Kier alpha value is -2.31. The summed E-state index contributed by atoms with van der Waals surface area (Å²) in [5.41, 5.74) is -1.42. The molecular weight excluding hydrogens is 348 g/mol. The molecule has 144 valence electrons. The number of hydrogen-bond donors (Lipinski definition) is 1. The first kappa shape index (κ1) is 18.1.